The highest BCUT2D eigenvalue weighted by molar-refractivity contribution is 7.57. The molecule has 0 atom stereocenters. The van der Waals surface area contributed by atoms with Crippen LogP contribution in [0.15, 0.2) is 30.1 Å². The Morgan fingerprint density at radius 3 is 2.18 bits per heavy atom. The largest absolute Gasteiger partial charge is 0.354 e. The first-order valence-corrected chi connectivity index (χ1v) is 7.42. The quantitative estimate of drug-likeness (QED) is 0.713. The number of rotatable bonds is 6. The molecule has 0 bridgehead atoms. The van der Waals surface area contributed by atoms with E-state index in [2.05, 4.69) is 0 Å². The van der Waals surface area contributed by atoms with Gasteiger partial charge in [-0.15, -0.1) is 0 Å². The Bertz CT molecular complexity index is 404. The van der Waals surface area contributed by atoms with Gasteiger partial charge in [0.2, 0.25) is 0 Å². The lowest BCUT2D eigenvalue weighted by molar-refractivity contribution is 0.229. The third-order valence-electron chi connectivity index (χ3n) is 1.94. The van der Waals surface area contributed by atoms with Gasteiger partial charge in [-0.2, -0.15) is 0 Å². The monoisotopic (exact) mass is 274 g/mol. The van der Waals surface area contributed by atoms with Crippen LogP contribution in [0.4, 0.5) is 0 Å². The fourth-order valence-electron chi connectivity index (χ4n) is 1.23. The smallest absolute Gasteiger partial charge is 0.306 e. The minimum absolute atomic E-state index is 0.349. The Morgan fingerprint density at radius 2 is 1.71 bits per heavy atom. The van der Waals surface area contributed by atoms with Gasteiger partial charge in [0, 0.05) is 10.8 Å². The van der Waals surface area contributed by atoms with Crippen LogP contribution in [-0.4, -0.2) is 13.2 Å². The van der Waals surface area contributed by atoms with Gasteiger partial charge in [-0.25, -0.2) is 0 Å². The van der Waals surface area contributed by atoms with Crippen molar-refractivity contribution in [3.63, 3.8) is 0 Å². The Kier molecular flexibility index (Phi) is 5.93. The van der Waals surface area contributed by atoms with Gasteiger partial charge in [-0.1, -0.05) is 23.7 Å². The molecule has 1 aromatic rings. The molecule has 0 unspecified atom stereocenters. The van der Waals surface area contributed by atoms with Gasteiger partial charge in [0.1, 0.15) is 0 Å². The molecule has 0 radical (unpaired) electrons. The minimum atomic E-state index is -3.11. The number of hydrogen-bond acceptors (Lipinski definition) is 3. The van der Waals surface area contributed by atoms with Crippen LogP contribution < -0.4 is 0 Å². The van der Waals surface area contributed by atoms with Crippen molar-refractivity contribution in [1.82, 2.24) is 0 Å². The van der Waals surface area contributed by atoms with E-state index in [1.807, 2.05) is 12.1 Å². The normalized spacial score (nSPS) is 12.2. The molecular weight excluding hydrogens is 259 g/mol. The Balaban J connectivity index is 2.79. The van der Waals surface area contributed by atoms with Crippen LogP contribution in [0.1, 0.15) is 19.4 Å². The second kappa shape index (κ2) is 6.97. The predicted octanol–water partition coefficient (Wildman–Crippen LogP) is 4.58. The van der Waals surface area contributed by atoms with Gasteiger partial charge in [0.05, 0.1) is 13.2 Å². The average molecular weight is 275 g/mol. The van der Waals surface area contributed by atoms with E-state index >= 15 is 0 Å². The van der Waals surface area contributed by atoms with Crippen molar-refractivity contribution in [3.8, 4) is 0 Å². The molecule has 0 amide bonds. The van der Waals surface area contributed by atoms with E-state index in [1.165, 1.54) is 5.82 Å². The van der Waals surface area contributed by atoms with E-state index in [4.69, 9.17) is 20.6 Å². The van der Waals surface area contributed by atoms with Crippen molar-refractivity contribution in [2.75, 3.05) is 13.2 Å². The Hall–Kier alpha value is -0.600. The highest BCUT2D eigenvalue weighted by atomic mass is 35.5. The van der Waals surface area contributed by atoms with E-state index < -0.39 is 7.60 Å². The highest BCUT2D eigenvalue weighted by Gasteiger charge is 2.18. The summed E-state index contributed by atoms with van der Waals surface area (Å²) < 4.78 is 22.4. The molecule has 0 saturated carbocycles. The van der Waals surface area contributed by atoms with Gasteiger partial charge >= 0.3 is 7.60 Å². The fraction of sp³-hybridized carbons (Fsp3) is 0.333. The summed E-state index contributed by atoms with van der Waals surface area (Å²) in [4.78, 5) is 0. The standard InChI is InChI=1S/C12H16ClO3P/c1-3-15-17(14,16-4-2)10-9-11-5-7-12(13)8-6-11/h5-10H,3-4H2,1-2H3. The van der Waals surface area contributed by atoms with Crippen LogP contribution >= 0.6 is 19.2 Å². The van der Waals surface area contributed by atoms with Crippen LogP contribution in [-0.2, 0) is 13.6 Å². The first-order valence-electron chi connectivity index (χ1n) is 5.43. The van der Waals surface area contributed by atoms with Crippen LogP contribution in [0.5, 0.6) is 0 Å². The summed E-state index contributed by atoms with van der Waals surface area (Å²) in [7, 11) is -3.11. The van der Waals surface area contributed by atoms with Crippen molar-refractivity contribution in [1.29, 1.82) is 0 Å². The molecule has 0 aliphatic carbocycles. The molecule has 0 aliphatic heterocycles. The fourth-order valence-corrected chi connectivity index (χ4v) is 2.68. The Labute approximate surface area is 107 Å². The molecule has 0 saturated heterocycles. The van der Waals surface area contributed by atoms with Gasteiger partial charge < -0.3 is 9.05 Å². The molecule has 3 nitrogen and oxygen atoms in total. The van der Waals surface area contributed by atoms with Gasteiger partial charge in [0.15, 0.2) is 0 Å². The molecule has 0 N–H and O–H groups in total. The topological polar surface area (TPSA) is 35.5 Å². The lowest BCUT2D eigenvalue weighted by Crippen LogP contribution is -1.92. The average Bonchev–Trinajstić information content (AvgIpc) is 2.29. The molecule has 0 aliphatic rings. The summed E-state index contributed by atoms with van der Waals surface area (Å²) in [6.07, 6.45) is 1.71. The molecule has 1 aromatic carbocycles. The third-order valence-corrected chi connectivity index (χ3v) is 3.94. The van der Waals surface area contributed by atoms with Crippen LogP contribution in [0.2, 0.25) is 5.02 Å². The van der Waals surface area contributed by atoms with E-state index in [0.29, 0.717) is 18.2 Å². The maximum absolute atomic E-state index is 12.1. The van der Waals surface area contributed by atoms with Crippen molar-refractivity contribution >= 4 is 25.3 Å². The maximum atomic E-state index is 12.1. The van der Waals surface area contributed by atoms with Crippen LogP contribution in [0.25, 0.3) is 6.08 Å². The summed E-state index contributed by atoms with van der Waals surface area (Å²) in [5.41, 5.74) is 0.897. The van der Waals surface area contributed by atoms with E-state index in [0.717, 1.165) is 5.56 Å². The van der Waals surface area contributed by atoms with Gasteiger partial charge in [0.25, 0.3) is 0 Å². The molecule has 0 fully saturated rings. The van der Waals surface area contributed by atoms with Crippen LogP contribution in [0.3, 0.4) is 0 Å². The molecule has 0 spiro atoms. The second-order valence-corrected chi connectivity index (χ2v) is 5.57. The summed E-state index contributed by atoms with van der Waals surface area (Å²) >= 11 is 5.77. The predicted molar refractivity (Wildman–Crippen MR) is 71.3 cm³/mol. The second-order valence-electron chi connectivity index (χ2n) is 3.24. The molecule has 94 valence electrons. The lowest BCUT2D eigenvalue weighted by Gasteiger charge is -2.12. The summed E-state index contributed by atoms with van der Waals surface area (Å²) in [6.45, 7) is 4.26. The minimum Gasteiger partial charge on any atom is -0.306 e. The SMILES string of the molecule is CCOP(=O)(C=Cc1ccc(Cl)cc1)OCC. The van der Waals surface area contributed by atoms with E-state index in [9.17, 15) is 4.57 Å². The highest BCUT2D eigenvalue weighted by Crippen LogP contribution is 2.50. The van der Waals surface area contributed by atoms with Crippen LogP contribution in [0, 0.1) is 0 Å². The Morgan fingerprint density at radius 1 is 1.18 bits per heavy atom. The first kappa shape index (κ1) is 14.5. The lowest BCUT2D eigenvalue weighted by atomic mass is 10.2. The summed E-state index contributed by atoms with van der Waals surface area (Å²) in [6, 6.07) is 7.21. The zero-order chi connectivity index (χ0) is 12.7. The maximum Gasteiger partial charge on any atom is 0.354 e. The molecule has 0 heterocycles. The van der Waals surface area contributed by atoms with Gasteiger partial charge in [-0.05, 0) is 37.6 Å². The number of benzene rings is 1. The van der Waals surface area contributed by atoms with Crippen molar-refractivity contribution < 1.29 is 13.6 Å². The zero-order valence-electron chi connectivity index (χ0n) is 9.93. The van der Waals surface area contributed by atoms with Gasteiger partial charge in [-0.3, -0.25) is 4.57 Å². The molecule has 5 heteroatoms. The summed E-state index contributed by atoms with van der Waals surface area (Å²) in [5, 5.41) is 0.667. The van der Waals surface area contributed by atoms with Crippen molar-refractivity contribution in [3.05, 3.63) is 40.7 Å². The third kappa shape index (κ3) is 5.05. The summed E-state index contributed by atoms with van der Waals surface area (Å²) in [5.74, 6) is 1.48. The van der Waals surface area contributed by atoms with Crippen molar-refractivity contribution in [2.24, 2.45) is 0 Å². The molecule has 0 aromatic heterocycles. The van der Waals surface area contributed by atoms with E-state index in [-0.39, 0.29) is 0 Å². The molecular formula is C12H16ClO3P. The molecule has 1 rings (SSSR count). The number of halogens is 1. The van der Waals surface area contributed by atoms with E-state index in [1.54, 1.807) is 32.1 Å². The first-order chi connectivity index (χ1) is 8.09. The zero-order valence-corrected chi connectivity index (χ0v) is 11.6. The molecule has 17 heavy (non-hydrogen) atoms. The number of hydrogen-bond donors (Lipinski definition) is 0. The van der Waals surface area contributed by atoms with Crippen molar-refractivity contribution in [2.45, 2.75) is 13.8 Å².